The van der Waals surface area contributed by atoms with Crippen LogP contribution in [-0.4, -0.2) is 45.0 Å². The van der Waals surface area contributed by atoms with Crippen molar-refractivity contribution in [2.45, 2.75) is 116 Å². The molecule has 6 aliphatic rings. The van der Waals surface area contributed by atoms with Crippen LogP contribution in [-0.2, 0) is 14.8 Å². The van der Waals surface area contributed by atoms with Crippen LogP contribution in [0.5, 0.6) is 0 Å². The van der Waals surface area contributed by atoms with E-state index in [4.69, 9.17) is 4.74 Å². The molecular weight excluding hydrogens is 456 g/mol. The summed E-state index contributed by atoms with van der Waals surface area (Å²) >= 11 is 0. The first kappa shape index (κ1) is 24.9. The van der Waals surface area contributed by atoms with Crippen molar-refractivity contribution in [3.8, 4) is 0 Å². The molecular formula is C29H56N2O3S. The maximum absolute atomic E-state index is 11.9. The lowest BCUT2D eigenvalue weighted by atomic mass is 9.52. The molecule has 1 spiro atoms. The van der Waals surface area contributed by atoms with E-state index in [-0.39, 0.29) is 17.3 Å². The highest BCUT2D eigenvalue weighted by Gasteiger charge is 2.59. The highest BCUT2D eigenvalue weighted by atomic mass is 32.2. The monoisotopic (exact) mass is 512 g/mol. The van der Waals surface area contributed by atoms with Gasteiger partial charge < -0.3 is 10.1 Å². The largest absolute Gasteiger partial charge is 0.369 e. The summed E-state index contributed by atoms with van der Waals surface area (Å²) in [5.41, 5.74) is 3.83. The van der Waals surface area contributed by atoms with E-state index in [1.165, 1.54) is 51.2 Å². The zero-order valence-corrected chi connectivity index (χ0v) is 23.4. The Bertz CT molecular complexity index is 1010. The van der Waals surface area contributed by atoms with E-state index < -0.39 is 10.0 Å². The summed E-state index contributed by atoms with van der Waals surface area (Å²) < 4.78 is 33.7. The van der Waals surface area contributed by atoms with Gasteiger partial charge >= 0.3 is 0 Å². The van der Waals surface area contributed by atoms with Gasteiger partial charge in [0, 0.05) is 23.7 Å². The molecule has 0 amide bonds. The van der Waals surface area contributed by atoms with Crippen LogP contribution in [0.2, 0.25) is 0 Å². The SMILES string of the molecule is CC1=C2CC3[C@@H](CC[C@@H]4C[C@H](NS(C)(=O)=O)CC[C@]34C)C2CC[C@@]2(C1)O[C@@H]1C[C@H](C)CN[C@H]1[C@H]2C.[HH].[HH].[HH].[HH]. The second-order valence-corrected chi connectivity index (χ2v) is 15.8. The van der Waals surface area contributed by atoms with E-state index in [1.807, 2.05) is 0 Å². The van der Waals surface area contributed by atoms with Crippen LogP contribution < -0.4 is 10.0 Å². The Balaban J connectivity index is 0.00000133. The number of sulfonamides is 1. The number of rotatable bonds is 2. The molecule has 11 atom stereocenters. The molecule has 2 heterocycles. The smallest absolute Gasteiger partial charge is 0.208 e. The lowest BCUT2D eigenvalue weighted by Crippen LogP contribution is -2.50. The molecule has 6 rings (SSSR count). The topological polar surface area (TPSA) is 67.4 Å². The van der Waals surface area contributed by atoms with Crippen molar-refractivity contribution >= 4 is 10.0 Å². The van der Waals surface area contributed by atoms with Crippen molar-refractivity contribution in [1.29, 1.82) is 0 Å². The molecule has 35 heavy (non-hydrogen) atoms. The van der Waals surface area contributed by atoms with Gasteiger partial charge in [0.1, 0.15) is 0 Å². The van der Waals surface area contributed by atoms with Gasteiger partial charge in [-0.2, -0.15) is 0 Å². The van der Waals surface area contributed by atoms with Crippen LogP contribution in [0.4, 0.5) is 0 Å². The predicted octanol–water partition coefficient (Wildman–Crippen LogP) is 6.01. The number of allylic oxidation sites excluding steroid dienone is 1. The Morgan fingerprint density at radius 1 is 1.11 bits per heavy atom. The van der Waals surface area contributed by atoms with Crippen molar-refractivity contribution in [2.75, 3.05) is 12.8 Å². The fourth-order valence-electron chi connectivity index (χ4n) is 10.2. The van der Waals surface area contributed by atoms with Crippen LogP contribution in [0.25, 0.3) is 0 Å². The number of fused-ring (bicyclic) bond motifs is 6. The summed E-state index contributed by atoms with van der Waals surface area (Å²) in [4.78, 5) is 0. The Morgan fingerprint density at radius 3 is 2.69 bits per heavy atom. The third-order valence-electron chi connectivity index (χ3n) is 12.0. The van der Waals surface area contributed by atoms with Gasteiger partial charge in [0.15, 0.2) is 0 Å². The summed E-state index contributed by atoms with van der Waals surface area (Å²) in [6.07, 6.45) is 13.6. The quantitative estimate of drug-likeness (QED) is 0.445. The second kappa shape index (κ2) is 8.54. The Hall–Kier alpha value is -0.430. The Labute approximate surface area is 219 Å². The number of nitrogens with one attached hydrogen (secondary N) is 2. The summed E-state index contributed by atoms with van der Waals surface area (Å²) in [6.45, 7) is 11.0. The van der Waals surface area contributed by atoms with E-state index in [0.29, 0.717) is 35.3 Å². The normalized spacial score (nSPS) is 52.0. The molecule has 5 fully saturated rings. The molecule has 0 bridgehead atoms. The zero-order chi connectivity index (χ0) is 24.8. The molecule has 0 aromatic heterocycles. The van der Waals surface area contributed by atoms with Gasteiger partial charge in [0.05, 0.1) is 18.0 Å². The van der Waals surface area contributed by atoms with E-state index in [2.05, 4.69) is 37.7 Å². The first-order valence-corrected chi connectivity index (χ1v) is 16.5. The molecule has 0 aromatic rings. The number of hydrogen-bond donors (Lipinski definition) is 2. The van der Waals surface area contributed by atoms with Crippen LogP contribution in [0.1, 0.15) is 97.6 Å². The van der Waals surface area contributed by atoms with Gasteiger partial charge in [-0.25, -0.2) is 13.1 Å². The highest BCUT2D eigenvalue weighted by molar-refractivity contribution is 7.88. The lowest BCUT2D eigenvalue weighted by Gasteiger charge is -2.54. The standard InChI is InChI=1S/C29H48N2O3S.4H2/c1-17-12-26-27(30-16-17)19(3)29(34-26)11-9-22-23-7-6-20-13-21(31-35(5,32)33)8-10-28(20,4)25(23)14-24(22)18(2)15-29;;;;/h17,19-23,25-27,30-31H,6-16H2,1-5H3;4*1H/t17-,19+,20+,21+,22?,23-,25?,26+,27-,28-,29-;;;;/m0..../s1. The molecule has 6 heteroatoms. The fraction of sp³-hybridized carbons (Fsp3) is 0.931. The maximum Gasteiger partial charge on any atom is 0.208 e. The van der Waals surface area contributed by atoms with Crippen molar-refractivity contribution in [2.24, 2.45) is 40.9 Å². The minimum Gasteiger partial charge on any atom is -0.369 e. The second-order valence-electron chi connectivity index (χ2n) is 14.0. The fourth-order valence-corrected chi connectivity index (χ4v) is 11.1. The van der Waals surface area contributed by atoms with E-state index >= 15 is 0 Å². The highest BCUT2D eigenvalue weighted by Crippen LogP contribution is 2.65. The molecule has 2 unspecified atom stereocenters. The summed E-state index contributed by atoms with van der Waals surface area (Å²) in [5.74, 6) is 4.28. The van der Waals surface area contributed by atoms with Gasteiger partial charge in [0.25, 0.3) is 0 Å². The maximum atomic E-state index is 11.9. The third kappa shape index (κ3) is 4.08. The van der Waals surface area contributed by atoms with E-state index in [1.54, 1.807) is 11.1 Å². The molecule has 3 saturated carbocycles. The molecule has 0 aromatic carbocycles. The van der Waals surface area contributed by atoms with Crippen LogP contribution in [0, 0.1) is 40.9 Å². The van der Waals surface area contributed by atoms with Gasteiger partial charge in [-0.1, -0.05) is 31.9 Å². The van der Waals surface area contributed by atoms with Crippen LogP contribution in [0.3, 0.4) is 0 Å². The van der Waals surface area contributed by atoms with Gasteiger partial charge in [0.2, 0.25) is 10.0 Å². The molecule has 5 nitrogen and oxygen atoms in total. The van der Waals surface area contributed by atoms with Gasteiger partial charge in [-0.15, -0.1) is 0 Å². The molecule has 4 aliphatic carbocycles. The van der Waals surface area contributed by atoms with E-state index in [9.17, 15) is 8.42 Å². The van der Waals surface area contributed by atoms with E-state index in [0.717, 1.165) is 43.6 Å². The Kier molecular flexibility index (Phi) is 6.07. The van der Waals surface area contributed by atoms with Gasteiger partial charge in [-0.05, 0) is 113 Å². The lowest BCUT2D eigenvalue weighted by molar-refractivity contribution is -0.0746. The summed E-state index contributed by atoms with van der Waals surface area (Å²) in [7, 11) is -3.13. The summed E-state index contributed by atoms with van der Waals surface area (Å²) in [5, 5.41) is 3.85. The number of hydrogen-bond acceptors (Lipinski definition) is 4. The molecule has 2 aliphatic heterocycles. The first-order valence-electron chi connectivity index (χ1n) is 14.6. The number of piperidine rings is 1. The minimum absolute atomic E-state index is 0. The minimum atomic E-state index is -3.13. The average Bonchev–Trinajstić information content (AvgIpc) is 3.23. The van der Waals surface area contributed by atoms with Crippen molar-refractivity contribution < 1.29 is 18.9 Å². The average molecular weight is 513 g/mol. The first-order chi connectivity index (χ1) is 16.5. The van der Waals surface area contributed by atoms with Crippen molar-refractivity contribution in [1.82, 2.24) is 10.0 Å². The van der Waals surface area contributed by atoms with Crippen LogP contribution in [0.15, 0.2) is 11.1 Å². The summed E-state index contributed by atoms with van der Waals surface area (Å²) in [6, 6.07) is 0.660. The van der Waals surface area contributed by atoms with Crippen molar-refractivity contribution in [3.63, 3.8) is 0 Å². The van der Waals surface area contributed by atoms with Gasteiger partial charge in [-0.3, -0.25) is 0 Å². The number of ether oxygens (including phenoxy) is 1. The van der Waals surface area contributed by atoms with Crippen LogP contribution >= 0.6 is 0 Å². The molecule has 2 saturated heterocycles. The molecule has 206 valence electrons. The predicted molar refractivity (Wildman–Crippen MR) is 149 cm³/mol. The zero-order valence-electron chi connectivity index (χ0n) is 22.6. The van der Waals surface area contributed by atoms with Crippen molar-refractivity contribution in [3.05, 3.63) is 11.1 Å². The molecule has 0 radical (unpaired) electrons. The third-order valence-corrected chi connectivity index (χ3v) is 12.8. The Morgan fingerprint density at radius 2 is 1.91 bits per heavy atom. The molecule has 2 N–H and O–H groups in total.